The Labute approximate surface area is 120 Å². The van der Waals surface area contributed by atoms with E-state index in [2.05, 4.69) is 15.2 Å². The van der Waals surface area contributed by atoms with Crippen molar-refractivity contribution in [1.82, 2.24) is 19.5 Å². The molecule has 2 aromatic heterocycles. The Hall–Kier alpha value is -0.960. The van der Waals surface area contributed by atoms with E-state index in [4.69, 9.17) is 11.6 Å². The molecule has 0 atom stereocenters. The standard InChI is InChI=1S/C10H13ClN4O2S2/c1-7-13-9(6-18-7)5-15(2)19(16,17)10-8(3-11)4-12-14-10/h4,6H,3,5H2,1-2H3,(H,12,14). The Balaban J connectivity index is 2.24. The summed E-state index contributed by atoms with van der Waals surface area (Å²) in [5.74, 6) is 0.0920. The molecule has 0 radical (unpaired) electrons. The van der Waals surface area contributed by atoms with Crippen LogP contribution in [0.2, 0.25) is 0 Å². The molecule has 0 saturated carbocycles. The van der Waals surface area contributed by atoms with E-state index < -0.39 is 10.0 Å². The molecular formula is C10H13ClN4O2S2. The topological polar surface area (TPSA) is 79.0 Å². The first-order valence-electron chi connectivity index (χ1n) is 5.40. The van der Waals surface area contributed by atoms with Crippen molar-refractivity contribution < 1.29 is 8.42 Å². The van der Waals surface area contributed by atoms with Crippen LogP contribution in [0.5, 0.6) is 0 Å². The molecule has 2 heterocycles. The Morgan fingerprint density at radius 2 is 2.26 bits per heavy atom. The summed E-state index contributed by atoms with van der Waals surface area (Å²) in [6.45, 7) is 2.09. The zero-order valence-corrected chi connectivity index (χ0v) is 12.8. The molecule has 2 aromatic rings. The predicted octanol–water partition coefficient (Wildman–Crippen LogP) is 1.73. The number of sulfonamides is 1. The van der Waals surface area contributed by atoms with Crippen molar-refractivity contribution in [3.63, 3.8) is 0 Å². The SMILES string of the molecule is Cc1nc(CN(C)S(=O)(=O)c2[nH]ncc2CCl)cs1. The van der Waals surface area contributed by atoms with Crippen molar-refractivity contribution in [2.75, 3.05) is 7.05 Å². The van der Waals surface area contributed by atoms with Crippen LogP contribution < -0.4 is 0 Å². The molecule has 0 fully saturated rings. The highest BCUT2D eigenvalue weighted by Gasteiger charge is 2.26. The number of nitrogens with zero attached hydrogens (tertiary/aromatic N) is 3. The van der Waals surface area contributed by atoms with Gasteiger partial charge in [-0.1, -0.05) is 0 Å². The second-order valence-electron chi connectivity index (χ2n) is 3.98. The van der Waals surface area contributed by atoms with Crippen LogP contribution in [-0.2, 0) is 22.4 Å². The van der Waals surface area contributed by atoms with Gasteiger partial charge in [-0.25, -0.2) is 13.4 Å². The number of aromatic amines is 1. The van der Waals surface area contributed by atoms with Gasteiger partial charge in [0, 0.05) is 18.0 Å². The van der Waals surface area contributed by atoms with Crippen molar-refractivity contribution in [2.24, 2.45) is 0 Å². The zero-order chi connectivity index (χ0) is 14.0. The third kappa shape index (κ3) is 2.97. The van der Waals surface area contributed by atoms with Crippen molar-refractivity contribution in [1.29, 1.82) is 0 Å². The highest BCUT2D eigenvalue weighted by Crippen LogP contribution is 2.20. The lowest BCUT2D eigenvalue weighted by Gasteiger charge is -2.15. The number of nitrogens with one attached hydrogen (secondary N) is 1. The molecule has 0 bridgehead atoms. The van der Waals surface area contributed by atoms with E-state index in [0.29, 0.717) is 5.56 Å². The Kier molecular flexibility index (Phi) is 4.24. The van der Waals surface area contributed by atoms with Gasteiger partial charge in [-0.05, 0) is 6.92 Å². The molecule has 2 rings (SSSR count). The van der Waals surface area contributed by atoms with Gasteiger partial charge in [0.05, 0.1) is 29.3 Å². The van der Waals surface area contributed by atoms with Crippen molar-refractivity contribution in [3.05, 3.63) is 27.8 Å². The van der Waals surface area contributed by atoms with Crippen LogP contribution in [0.25, 0.3) is 0 Å². The average Bonchev–Trinajstić information content (AvgIpc) is 2.97. The smallest absolute Gasteiger partial charge is 0.260 e. The summed E-state index contributed by atoms with van der Waals surface area (Å²) in [7, 11) is -2.13. The minimum Gasteiger partial charge on any atom is -0.266 e. The van der Waals surface area contributed by atoms with Crippen LogP contribution >= 0.6 is 22.9 Å². The number of hydrogen-bond donors (Lipinski definition) is 1. The fourth-order valence-corrected chi connectivity index (χ4v) is 3.69. The van der Waals surface area contributed by atoms with Gasteiger partial charge in [0.1, 0.15) is 0 Å². The fourth-order valence-electron chi connectivity index (χ4n) is 1.57. The van der Waals surface area contributed by atoms with Crippen LogP contribution in [0.1, 0.15) is 16.3 Å². The van der Waals surface area contributed by atoms with Gasteiger partial charge >= 0.3 is 0 Å². The van der Waals surface area contributed by atoms with Gasteiger partial charge in [-0.3, -0.25) is 5.10 Å². The molecule has 0 spiro atoms. The first-order valence-corrected chi connectivity index (χ1v) is 8.26. The number of aryl methyl sites for hydroxylation is 1. The summed E-state index contributed by atoms with van der Waals surface area (Å²) < 4.78 is 25.9. The predicted molar refractivity (Wildman–Crippen MR) is 73.6 cm³/mol. The summed E-state index contributed by atoms with van der Waals surface area (Å²) in [4.78, 5) is 4.25. The Morgan fingerprint density at radius 3 is 2.84 bits per heavy atom. The van der Waals surface area contributed by atoms with E-state index in [1.165, 1.54) is 28.9 Å². The third-order valence-electron chi connectivity index (χ3n) is 2.54. The van der Waals surface area contributed by atoms with E-state index in [1.54, 1.807) is 0 Å². The quantitative estimate of drug-likeness (QED) is 0.851. The average molecular weight is 321 g/mol. The van der Waals surface area contributed by atoms with E-state index in [0.717, 1.165) is 10.7 Å². The highest BCUT2D eigenvalue weighted by atomic mass is 35.5. The number of halogens is 1. The fraction of sp³-hybridized carbons (Fsp3) is 0.400. The molecule has 0 aliphatic heterocycles. The summed E-state index contributed by atoms with van der Waals surface area (Å²) in [5, 5.41) is 9.00. The first kappa shape index (κ1) is 14.4. The Bertz CT molecular complexity index is 665. The van der Waals surface area contributed by atoms with Crippen molar-refractivity contribution in [3.8, 4) is 0 Å². The van der Waals surface area contributed by atoms with Gasteiger partial charge in [0.2, 0.25) is 0 Å². The number of alkyl halides is 1. The van der Waals surface area contributed by atoms with Gasteiger partial charge in [0.25, 0.3) is 10.0 Å². The maximum absolute atomic E-state index is 12.4. The zero-order valence-electron chi connectivity index (χ0n) is 10.4. The van der Waals surface area contributed by atoms with Crippen LogP contribution in [-0.4, -0.2) is 35.0 Å². The van der Waals surface area contributed by atoms with Crippen molar-refractivity contribution >= 4 is 33.0 Å². The molecule has 0 amide bonds. The molecule has 0 unspecified atom stereocenters. The van der Waals surface area contributed by atoms with E-state index in [-0.39, 0.29) is 17.5 Å². The molecule has 19 heavy (non-hydrogen) atoms. The van der Waals surface area contributed by atoms with Crippen LogP contribution in [0.3, 0.4) is 0 Å². The van der Waals surface area contributed by atoms with E-state index in [9.17, 15) is 8.42 Å². The summed E-state index contributed by atoms with van der Waals surface area (Å²) in [6.07, 6.45) is 1.42. The van der Waals surface area contributed by atoms with Crippen molar-refractivity contribution in [2.45, 2.75) is 24.4 Å². The van der Waals surface area contributed by atoms with Gasteiger partial charge in [-0.2, -0.15) is 9.40 Å². The number of thiazole rings is 1. The lowest BCUT2D eigenvalue weighted by atomic mass is 10.4. The highest BCUT2D eigenvalue weighted by molar-refractivity contribution is 7.89. The number of H-pyrrole nitrogens is 1. The molecule has 0 aliphatic carbocycles. The largest absolute Gasteiger partial charge is 0.266 e. The summed E-state index contributed by atoms with van der Waals surface area (Å²) >= 11 is 7.18. The van der Waals surface area contributed by atoms with Gasteiger partial charge in [0.15, 0.2) is 5.03 Å². The molecule has 104 valence electrons. The van der Waals surface area contributed by atoms with Gasteiger partial charge < -0.3 is 0 Å². The maximum atomic E-state index is 12.4. The molecule has 0 saturated heterocycles. The Morgan fingerprint density at radius 1 is 1.53 bits per heavy atom. The lowest BCUT2D eigenvalue weighted by molar-refractivity contribution is 0.459. The van der Waals surface area contributed by atoms with Crippen LogP contribution in [0, 0.1) is 6.92 Å². The molecule has 0 aliphatic rings. The molecule has 1 N–H and O–H groups in total. The van der Waals surface area contributed by atoms with E-state index in [1.807, 2.05) is 12.3 Å². The monoisotopic (exact) mass is 320 g/mol. The second-order valence-corrected chi connectivity index (χ2v) is 7.29. The molecule has 6 nitrogen and oxygen atoms in total. The van der Waals surface area contributed by atoms with Crippen LogP contribution in [0.4, 0.5) is 0 Å². The first-order chi connectivity index (χ1) is 8.95. The number of rotatable bonds is 5. The van der Waals surface area contributed by atoms with E-state index >= 15 is 0 Å². The number of hydrogen-bond acceptors (Lipinski definition) is 5. The second kappa shape index (κ2) is 5.58. The minimum absolute atomic E-state index is 0.0388. The van der Waals surface area contributed by atoms with Gasteiger partial charge in [-0.15, -0.1) is 22.9 Å². The summed E-state index contributed by atoms with van der Waals surface area (Å²) in [5.41, 5.74) is 1.18. The molecule has 9 heteroatoms. The third-order valence-corrected chi connectivity index (χ3v) is 5.47. The number of aromatic nitrogens is 3. The molecular weight excluding hydrogens is 308 g/mol. The molecule has 0 aromatic carbocycles. The normalized spacial score (nSPS) is 12.2. The minimum atomic E-state index is -3.63. The summed E-state index contributed by atoms with van der Waals surface area (Å²) in [6, 6.07) is 0. The maximum Gasteiger partial charge on any atom is 0.260 e. The van der Waals surface area contributed by atoms with Crippen LogP contribution in [0.15, 0.2) is 16.6 Å². The lowest BCUT2D eigenvalue weighted by Crippen LogP contribution is -2.27.